The second-order valence-electron chi connectivity index (χ2n) is 8.58. The van der Waals surface area contributed by atoms with Crippen molar-refractivity contribution >= 4 is 32.7 Å². The maximum atomic E-state index is 13.5. The molecular weight excluding hydrogens is 466 g/mol. The van der Waals surface area contributed by atoms with Gasteiger partial charge in [0.15, 0.2) is 0 Å². The SMILES string of the molecule is N#Cc1ccc(C[C@H](NS(=O)(=O)c2ccc3ccccc3c2)C(=O)N2CCCCC2C(=O)O)cc1. The number of sulfonamides is 1. The first-order valence-corrected chi connectivity index (χ1v) is 12.8. The van der Waals surface area contributed by atoms with Crippen LogP contribution in [0.4, 0.5) is 0 Å². The molecule has 9 heteroatoms. The number of aliphatic carboxylic acids is 1. The summed E-state index contributed by atoms with van der Waals surface area (Å²) in [6.45, 7) is 0.247. The molecule has 2 atom stereocenters. The van der Waals surface area contributed by atoms with E-state index in [4.69, 9.17) is 5.26 Å². The molecule has 0 bridgehead atoms. The van der Waals surface area contributed by atoms with E-state index >= 15 is 0 Å². The van der Waals surface area contributed by atoms with E-state index in [-0.39, 0.29) is 17.9 Å². The third-order valence-electron chi connectivity index (χ3n) is 6.22. The van der Waals surface area contributed by atoms with Gasteiger partial charge in [-0.3, -0.25) is 4.79 Å². The zero-order valence-corrected chi connectivity index (χ0v) is 19.7. The maximum Gasteiger partial charge on any atom is 0.326 e. The predicted molar refractivity (Wildman–Crippen MR) is 130 cm³/mol. The summed E-state index contributed by atoms with van der Waals surface area (Å²) in [5.41, 5.74) is 1.09. The van der Waals surface area contributed by atoms with E-state index in [9.17, 15) is 23.1 Å². The van der Waals surface area contributed by atoms with Crippen LogP contribution in [0.1, 0.15) is 30.4 Å². The fourth-order valence-corrected chi connectivity index (χ4v) is 5.60. The highest BCUT2D eigenvalue weighted by Gasteiger charge is 2.37. The van der Waals surface area contributed by atoms with E-state index in [1.807, 2.05) is 24.3 Å². The number of nitriles is 1. The Morgan fingerprint density at radius 1 is 1.06 bits per heavy atom. The van der Waals surface area contributed by atoms with Gasteiger partial charge in [0.2, 0.25) is 15.9 Å². The summed E-state index contributed by atoms with van der Waals surface area (Å²) in [6, 6.07) is 18.4. The van der Waals surface area contributed by atoms with Crippen molar-refractivity contribution in [2.45, 2.75) is 42.7 Å². The molecule has 1 heterocycles. The third kappa shape index (κ3) is 5.50. The Balaban J connectivity index is 1.67. The van der Waals surface area contributed by atoms with Crippen molar-refractivity contribution in [3.8, 4) is 6.07 Å². The summed E-state index contributed by atoms with van der Waals surface area (Å²) in [5, 5.41) is 20.3. The Hall–Kier alpha value is -3.74. The highest BCUT2D eigenvalue weighted by Crippen LogP contribution is 2.22. The quantitative estimate of drug-likeness (QED) is 0.523. The number of benzene rings is 3. The fourth-order valence-electron chi connectivity index (χ4n) is 4.37. The van der Waals surface area contributed by atoms with Gasteiger partial charge in [0.1, 0.15) is 12.1 Å². The van der Waals surface area contributed by atoms with Crippen molar-refractivity contribution < 1.29 is 23.1 Å². The van der Waals surface area contributed by atoms with Gasteiger partial charge in [0.25, 0.3) is 0 Å². The fraction of sp³-hybridized carbons (Fsp3) is 0.269. The highest BCUT2D eigenvalue weighted by molar-refractivity contribution is 7.89. The van der Waals surface area contributed by atoms with E-state index < -0.39 is 34.0 Å². The lowest BCUT2D eigenvalue weighted by Crippen LogP contribution is -2.56. The number of hydrogen-bond acceptors (Lipinski definition) is 5. The first-order valence-electron chi connectivity index (χ1n) is 11.3. The van der Waals surface area contributed by atoms with Gasteiger partial charge in [0, 0.05) is 6.54 Å². The molecule has 3 aromatic carbocycles. The molecule has 1 aliphatic heterocycles. The van der Waals surface area contributed by atoms with E-state index in [0.717, 1.165) is 10.8 Å². The van der Waals surface area contributed by atoms with E-state index in [1.165, 1.54) is 11.0 Å². The Labute approximate surface area is 203 Å². The summed E-state index contributed by atoms with van der Waals surface area (Å²) < 4.78 is 29.2. The van der Waals surface area contributed by atoms with Crippen molar-refractivity contribution in [2.24, 2.45) is 0 Å². The summed E-state index contributed by atoms with van der Waals surface area (Å²) in [4.78, 5) is 26.6. The number of carbonyl (C=O) groups excluding carboxylic acids is 1. The number of carboxylic acids is 1. The maximum absolute atomic E-state index is 13.5. The van der Waals surface area contributed by atoms with Crippen LogP contribution >= 0.6 is 0 Å². The third-order valence-corrected chi connectivity index (χ3v) is 7.69. The lowest BCUT2D eigenvalue weighted by atomic mass is 9.99. The molecule has 4 rings (SSSR count). The molecule has 0 spiro atoms. The minimum absolute atomic E-state index is 0.0141. The van der Waals surface area contributed by atoms with Gasteiger partial charge in [0.05, 0.1) is 16.5 Å². The van der Waals surface area contributed by atoms with Crippen LogP contribution in [0.5, 0.6) is 0 Å². The number of amides is 1. The summed E-state index contributed by atoms with van der Waals surface area (Å²) in [6.07, 6.45) is 1.67. The van der Waals surface area contributed by atoms with Gasteiger partial charge in [-0.05, 0) is 66.3 Å². The van der Waals surface area contributed by atoms with E-state index in [1.54, 1.807) is 42.5 Å². The molecule has 0 saturated carbocycles. The topological polar surface area (TPSA) is 128 Å². The standard InChI is InChI=1S/C26H25N3O5S/c27-17-19-10-8-18(9-11-19)15-23(25(30)29-14-4-3-7-24(29)26(31)32)28-35(33,34)22-13-12-20-5-1-2-6-21(20)16-22/h1-2,5-6,8-13,16,23-24,28H,3-4,7,14-15H2,(H,31,32)/t23-,24?/m0/s1. The molecule has 3 aromatic rings. The van der Waals surface area contributed by atoms with Crippen LogP contribution in [0.25, 0.3) is 10.8 Å². The lowest BCUT2D eigenvalue weighted by Gasteiger charge is -2.35. The van der Waals surface area contributed by atoms with E-state index in [0.29, 0.717) is 30.4 Å². The first-order chi connectivity index (χ1) is 16.8. The molecular formula is C26H25N3O5S. The number of nitrogens with zero attached hydrogens (tertiary/aromatic N) is 2. The molecule has 1 unspecified atom stereocenters. The van der Waals surface area contributed by atoms with Crippen LogP contribution in [0.2, 0.25) is 0 Å². The zero-order chi connectivity index (χ0) is 25.0. The van der Waals surface area contributed by atoms with Gasteiger partial charge in [-0.2, -0.15) is 9.98 Å². The molecule has 1 saturated heterocycles. The van der Waals surface area contributed by atoms with Gasteiger partial charge < -0.3 is 10.0 Å². The molecule has 35 heavy (non-hydrogen) atoms. The minimum atomic E-state index is -4.10. The van der Waals surface area contributed by atoms with Gasteiger partial charge >= 0.3 is 5.97 Å². The molecule has 8 nitrogen and oxygen atoms in total. The number of carboxylic acid groups (broad SMARTS) is 1. The van der Waals surface area contributed by atoms with Gasteiger partial charge in [-0.25, -0.2) is 13.2 Å². The minimum Gasteiger partial charge on any atom is -0.480 e. The van der Waals surface area contributed by atoms with Gasteiger partial charge in [-0.1, -0.05) is 42.5 Å². The van der Waals surface area contributed by atoms with E-state index in [2.05, 4.69) is 4.72 Å². The largest absolute Gasteiger partial charge is 0.480 e. The Kier molecular flexibility index (Phi) is 7.15. The molecule has 1 aliphatic rings. The van der Waals surface area contributed by atoms with Gasteiger partial charge in [-0.15, -0.1) is 0 Å². The number of fused-ring (bicyclic) bond motifs is 1. The Morgan fingerprint density at radius 2 is 1.77 bits per heavy atom. The molecule has 0 aromatic heterocycles. The highest BCUT2D eigenvalue weighted by atomic mass is 32.2. The molecule has 1 fully saturated rings. The molecule has 180 valence electrons. The van der Waals surface area contributed by atoms with Crippen molar-refractivity contribution in [3.63, 3.8) is 0 Å². The summed E-state index contributed by atoms with van der Waals surface area (Å²) in [5.74, 6) is -1.68. The van der Waals surface area contributed by atoms with Crippen molar-refractivity contribution in [2.75, 3.05) is 6.54 Å². The Bertz CT molecular complexity index is 1400. The van der Waals surface area contributed by atoms with Crippen LogP contribution in [0.15, 0.2) is 71.6 Å². The first kappa shape index (κ1) is 24.4. The Morgan fingerprint density at radius 3 is 2.46 bits per heavy atom. The lowest BCUT2D eigenvalue weighted by molar-refractivity contribution is -0.152. The average Bonchev–Trinajstić information content (AvgIpc) is 2.87. The molecule has 1 amide bonds. The number of carbonyl (C=O) groups is 2. The second-order valence-corrected chi connectivity index (χ2v) is 10.3. The van der Waals surface area contributed by atoms with Crippen LogP contribution in [0, 0.1) is 11.3 Å². The van der Waals surface area contributed by atoms with Crippen LogP contribution in [-0.4, -0.2) is 48.9 Å². The number of nitrogens with one attached hydrogen (secondary N) is 1. The summed E-state index contributed by atoms with van der Waals surface area (Å²) in [7, 11) is -4.10. The second kappa shape index (κ2) is 10.3. The smallest absolute Gasteiger partial charge is 0.326 e. The molecule has 2 N–H and O–H groups in total. The zero-order valence-electron chi connectivity index (χ0n) is 18.9. The number of likely N-dealkylation sites (tertiary alicyclic amines) is 1. The molecule has 0 radical (unpaired) electrons. The normalized spacial score (nSPS) is 17.0. The number of piperidine rings is 1. The predicted octanol–water partition coefficient (Wildman–Crippen LogP) is 3.07. The van der Waals surface area contributed by atoms with Crippen molar-refractivity contribution in [1.82, 2.24) is 9.62 Å². The van der Waals surface area contributed by atoms with Crippen molar-refractivity contribution in [3.05, 3.63) is 77.9 Å². The average molecular weight is 492 g/mol. The monoisotopic (exact) mass is 491 g/mol. The number of rotatable bonds is 7. The van der Waals surface area contributed by atoms with Crippen LogP contribution < -0.4 is 4.72 Å². The van der Waals surface area contributed by atoms with Crippen LogP contribution in [-0.2, 0) is 26.0 Å². The van der Waals surface area contributed by atoms with Crippen LogP contribution in [0.3, 0.4) is 0 Å². The van der Waals surface area contributed by atoms with Crippen molar-refractivity contribution in [1.29, 1.82) is 5.26 Å². The summed E-state index contributed by atoms with van der Waals surface area (Å²) >= 11 is 0. The number of hydrogen-bond donors (Lipinski definition) is 2. The molecule has 0 aliphatic carbocycles.